The van der Waals surface area contributed by atoms with Crippen molar-refractivity contribution >= 4 is 29.0 Å². The van der Waals surface area contributed by atoms with E-state index in [2.05, 4.69) is 27.9 Å². The van der Waals surface area contributed by atoms with Gasteiger partial charge in [-0.15, -0.1) is 0 Å². The second kappa shape index (κ2) is 6.10. The van der Waals surface area contributed by atoms with Crippen molar-refractivity contribution < 1.29 is 14.1 Å². The maximum Gasteiger partial charge on any atom is 0.361 e. The molecule has 7 nitrogen and oxygen atoms in total. The summed E-state index contributed by atoms with van der Waals surface area (Å²) in [5.41, 5.74) is 8.72. The summed E-state index contributed by atoms with van der Waals surface area (Å²) in [6.07, 6.45) is 0. The van der Waals surface area contributed by atoms with Gasteiger partial charge >= 0.3 is 5.97 Å². The molecule has 1 aromatic rings. The van der Waals surface area contributed by atoms with Crippen LogP contribution in [-0.4, -0.2) is 28.6 Å². The van der Waals surface area contributed by atoms with Crippen molar-refractivity contribution in [3.05, 3.63) is 17.0 Å². The first-order chi connectivity index (χ1) is 8.47. The molecule has 0 saturated heterocycles. The number of nitrogens with zero attached hydrogens (tertiary/aromatic N) is 2. The third kappa shape index (κ3) is 3.27. The van der Waals surface area contributed by atoms with Crippen LogP contribution in [0, 0.1) is 6.92 Å². The van der Waals surface area contributed by atoms with Crippen LogP contribution >= 0.6 is 12.2 Å². The van der Waals surface area contributed by atoms with Crippen molar-refractivity contribution in [3.8, 4) is 0 Å². The van der Waals surface area contributed by atoms with Crippen molar-refractivity contribution in [1.29, 1.82) is 0 Å². The van der Waals surface area contributed by atoms with Crippen LogP contribution in [0.5, 0.6) is 0 Å². The van der Waals surface area contributed by atoms with Crippen molar-refractivity contribution in [2.24, 2.45) is 10.8 Å². The molecule has 3 N–H and O–H groups in total. The summed E-state index contributed by atoms with van der Waals surface area (Å²) in [7, 11) is 0. The molecule has 0 aromatic carbocycles. The van der Waals surface area contributed by atoms with Gasteiger partial charge in [0, 0.05) is 0 Å². The Labute approximate surface area is 109 Å². The van der Waals surface area contributed by atoms with Gasteiger partial charge in [-0.1, -0.05) is 5.16 Å². The molecule has 0 fully saturated rings. The van der Waals surface area contributed by atoms with Crippen LogP contribution in [0.4, 0.5) is 0 Å². The van der Waals surface area contributed by atoms with E-state index >= 15 is 0 Å². The molecule has 0 aliphatic heterocycles. The van der Waals surface area contributed by atoms with Crippen LogP contribution in [0.1, 0.15) is 35.7 Å². The summed E-state index contributed by atoms with van der Waals surface area (Å²) in [5, 5.41) is 7.61. The van der Waals surface area contributed by atoms with Gasteiger partial charge in [0.05, 0.1) is 17.9 Å². The first-order valence-corrected chi connectivity index (χ1v) is 5.61. The number of carbonyl (C=O) groups excluding carboxylic acids is 1. The van der Waals surface area contributed by atoms with E-state index in [9.17, 15) is 4.79 Å². The number of hydrogen-bond donors (Lipinski definition) is 2. The first kappa shape index (κ1) is 14.1. The summed E-state index contributed by atoms with van der Waals surface area (Å²) in [4.78, 5) is 11.7. The molecular formula is C10H14N4O3S. The Morgan fingerprint density at radius 1 is 1.67 bits per heavy atom. The molecular weight excluding hydrogens is 256 g/mol. The van der Waals surface area contributed by atoms with Gasteiger partial charge in [-0.05, 0) is 33.0 Å². The number of ether oxygens (including phenoxy) is 1. The van der Waals surface area contributed by atoms with Crippen LogP contribution in [-0.2, 0) is 4.74 Å². The van der Waals surface area contributed by atoms with Gasteiger partial charge in [-0.3, -0.25) is 5.43 Å². The minimum absolute atomic E-state index is 0.0288. The molecule has 0 radical (unpaired) electrons. The van der Waals surface area contributed by atoms with Crippen molar-refractivity contribution in [1.82, 2.24) is 10.6 Å². The second-order valence-corrected chi connectivity index (χ2v) is 3.80. The van der Waals surface area contributed by atoms with Gasteiger partial charge in [0.1, 0.15) is 5.76 Å². The predicted molar refractivity (Wildman–Crippen MR) is 69.3 cm³/mol. The monoisotopic (exact) mass is 270 g/mol. The van der Waals surface area contributed by atoms with E-state index in [-0.39, 0.29) is 17.4 Å². The van der Waals surface area contributed by atoms with E-state index in [1.165, 1.54) is 0 Å². The van der Waals surface area contributed by atoms with E-state index in [4.69, 9.17) is 15.0 Å². The minimum Gasteiger partial charge on any atom is -0.461 e. The fourth-order valence-electron chi connectivity index (χ4n) is 1.33. The van der Waals surface area contributed by atoms with Gasteiger partial charge in [-0.25, -0.2) is 4.79 Å². The molecule has 1 aromatic heterocycles. The quantitative estimate of drug-likeness (QED) is 0.359. The zero-order valence-corrected chi connectivity index (χ0v) is 11.1. The highest BCUT2D eigenvalue weighted by Crippen LogP contribution is 2.15. The Kier molecular flexibility index (Phi) is 4.78. The maximum atomic E-state index is 11.7. The molecule has 98 valence electrons. The van der Waals surface area contributed by atoms with Crippen LogP contribution < -0.4 is 11.2 Å². The lowest BCUT2D eigenvalue weighted by Crippen LogP contribution is -2.25. The number of aryl methyl sites for hydroxylation is 1. The number of esters is 1. The largest absolute Gasteiger partial charge is 0.461 e. The number of nitrogens with two attached hydrogens (primary N) is 1. The van der Waals surface area contributed by atoms with E-state index in [0.717, 1.165) is 0 Å². The number of hydrogen-bond acceptors (Lipinski definition) is 6. The summed E-state index contributed by atoms with van der Waals surface area (Å²) < 4.78 is 9.84. The van der Waals surface area contributed by atoms with Crippen molar-refractivity contribution in [3.63, 3.8) is 0 Å². The van der Waals surface area contributed by atoms with Gasteiger partial charge < -0.3 is 15.0 Å². The first-order valence-electron chi connectivity index (χ1n) is 5.20. The molecule has 0 aliphatic rings. The van der Waals surface area contributed by atoms with Gasteiger partial charge in [0.2, 0.25) is 5.69 Å². The summed E-state index contributed by atoms with van der Waals surface area (Å²) in [6, 6.07) is 0. The Balaban J connectivity index is 3.07. The Morgan fingerprint density at radius 3 is 2.89 bits per heavy atom. The van der Waals surface area contributed by atoms with Crippen molar-refractivity contribution in [2.45, 2.75) is 20.8 Å². The molecule has 0 atom stereocenters. The second-order valence-electron chi connectivity index (χ2n) is 3.36. The normalized spacial score (nSPS) is 11.2. The maximum absolute atomic E-state index is 11.7. The third-order valence-corrected chi connectivity index (χ3v) is 2.12. The Hall–Kier alpha value is -1.96. The zero-order valence-electron chi connectivity index (χ0n) is 10.3. The highest BCUT2D eigenvalue weighted by molar-refractivity contribution is 7.80. The standard InChI is InChI=1S/C10H14N4O3S/c1-4-16-9(15)8-7(6(3)17-14-8)5(2)12-13-10(11)18/h4H2,1-3H3,(H3,11,13,18). The van der Waals surface area contributed by atoms with E-state index in [1.54, 1.807) is 20.8 Å². The van der Waals surface area contributed by atoms with Crippen LogP contribution in [0.25, 0.3) is 0 Å². The fraction of sp³-hybridized carbons (Fsp3) is 0.400. The van der Waals surface area contributed by atoms with Crippen LogP contribution in [0.2, 0.25) is 0 Å². The SMILES string of the molecule is CCOC(=O)c1noc(C)c1C(C)=NNC(N)=S. The lowest BCUT2D eigenvalue weighted by Gasteiger charge is -2.02. The highest BCUT2D eigenvalue weighted by Gasteiger charge is 2.22. The molecule has 0 spiro atoms. The number of rotatable bonds is 4. The van der Waals surface area contributed by atoms with E-state index in [1.807, 2.05) is 0 Å². The van der Waals surface area contributed by atoms with Gasteiger partial charge in [-0.2, -0.15) is 5.10 Å². The molecule has 8 heteroatoms. The molecule has 0 bridgehead atoms. The van der Waals surface area contributed by atoms with Crippen LogP contribution in [0.3, 0.4) is 0 Å². The van der Waals surface area contributed by atoms with Gasteiger partial charge in [0.15, 0.2) is 5.11 Å². The lowest BCUT2D eigenvalue weighted by atomic mass is 10.1. The summed E-state index contributed by atoms with van der Waals surface area (Å²) >= 11 is 4.63. The summed E-state index contributed by atoms with van der Waals surface area (Å²) in [6.45, 7) is 5.31. The zero-order chi connectivity index (χ0) is 13.7. The van der Waals surface area contributed by atoms with Crippen LogP contribution in [0.15, 0.2) is 9.62 Å². The Bertz CT molecular complexity index is 495. The van der Waals surface area contributed by atoms with E-state index < -0.39 is 5.97 Å². The summed E-state index contributed by atoms with van der Waals surface area (Å²) in [5.74, 6) is -0.0988. The minimum atomic E-state index is -0.561. The number of nitrogens with one attached hydrogen (secondary N) is 1. The molecule has 1 heterocycles. The molecule has 0 aliphatic carbocycles. The number of aromatic nitrogens is 1. The number of thiocarbonyl (C=S) groups is 1. The molecule has 1 rings (SSSR count). The van der Waals surface area contributed by atoms with Crippen molar-refractivity contribution in [2.75, 3.05) is 6.61 Å². The highest BCUT2D eigenvalue weighted by atomic mass is 32.1. The third-order valence-electron chi connectivity index (χ3n) is 2.03. The molecule has 18 heavy (non-hydrogen) atoms. The molecule has 0 unspecified atom stereocenters. The smallest absolute Gasteiger partial charge is 0.361 e. The predicted octanol–water partition coefficient (Wildman–Crippen LogP) is 0.717. The lowest BCUT2D eigenvalue weighted by molar-refractivity contribution is 0.0514. The van der Waals surface area contributed by atoms with E-state index in [0.29, 0.717) is 17.0 Å². The average Bonchev–Trinajstić information content (AvgIpc) is 2.68. The average molecular weight is 270 g/mol. The fourth-order valence-corrected chi connectivity index (χ4v) is 1.38. The molecule has 0 saturated carbocycles. The number of hydrazone groups is 1. The Morgan fingerprint density at radius 2 is 2.33 bits per heavy atom. The molecule has 0 amide bonds. The van der Waals surface area contributed by atoms with Gasteiger partial charge in [0.25, 0.3) is 0 Å². The number of carbonyl (C=O) groups is 1. The topological polar surface area (TPSA) is 103 Å².